The van der Waals surface area contributed by atoms with Gasteiger partial charge in [-0.05, 0) is 30.5 Å². The van der Waals surface area contributed by atoms with Crippen LogP contribution in [0.1, 0.15) is 18.4 Å². The van der Waals surface area contributed by atoms with Gasteiger partial charge in [0.2, 0.25) is 0 Å². The number of aliphatic hydroxyl groups is 1. The van der Waals surface area contributed by atoms with Crippen molar-refractivity contribution in [2.45, 2.75) is 25.5 Å². The maximum absolute atomic E-state index is 8.94. The van der Waals surface area contributed by atoms with Crippen molar-refractivity contribution < 1.29 is 5.11 Å². The van der Waals surface area contributed by atoms with Crippen LogP contribution in [-0.2, 0) is 6.61 Å². The smallest absolute Gasteiger partial charge is 0.0681 e. The highest BCUT2D eigenvalue weighted by atomic mass is 16.3. The Kier molecular flexibility index (Phi) is 3.23. The second-order valence-corrected chi connectivity index (χ2v) is 4.15. The molecule has 0 atom stereocenters. The summed E-state index contributed by atoms with van der Waals surface area (Å²) in [6, 6.07) is 8.47. The lowest BCUT2D eigenvalue weighted by molar-refractivity contribution is 0.282. The first kappa shape index (κ1) is 10.5. The molecule has 1 aliphatic heterocycles. The molecule has 0 radical (unpaired) electrons. The summed E-state index contributed by atoms with van der Waals surface area (Å²) in [4.78, 5) is 2.35. The van der Waals surface area contributed by atoms with Crippen LogP contribution in [0.25, 0.3) is 0 Å². The quantitative estimate of drug-likeness (QED) is 0.762. The van der Waals surface area contributed by atoms with Crippen LogP contribution in [0, 0.1) is 0 Å². The Hall–Kier alpha value is -1.06. The summed E-state index contributed by atoms with van der Waals surface area (Å²) in [7, 11) is 0. The molecule has 3 N–H and O–H groups in total. The summed E-state index contributed by atoms with van der Waals surface area (Å²) < 4.78 is 0. The summed E-state index contributed by atoms with van der Waals surface area (Å²) in [6.07, 6.45) is 2.14. The van der Waals surface area contributed by atoms with E-state index in [4.69, 9.17) is 10.8 Å². The van der Waals surface area contributed by atoms with Gasteiger partial charge in [-0.25, -0.2) is 0 Å². The number of piperidine rings is 1. The van der Waals surface area contributed by atoms with E-state index in [1.807, 2.05) is 12.1 Å². The second kappa shape index (κ2) is 4.64. The first-order valence-electron chi connectivity index (χ1n) is 5.50. The van der Waals surface area contributed by atoms with E-state index in [-0.39, 0.29) is 6.61 Å². The summed E-state index contributed by atoms with van der Waals surface area (Å²) in [5.41, 5.74) is 8.06. The third kappa shape index (κ3) is 2.49. The maximum atomic E-state index is 8.94. The van der Waals surface area contributed by atoms with Gasteiger partial charge in [0.05, 0.1) is 6.61 Å². The van der Waals surface area contributed by atoms with Gasteiger partial charge in [0.15, 0.2) is 0 Å². The molecule has 1 aromatic rings. The van der Waals surface area contributed by atoms with Crippen LogP contribution in [-0.4, -0.2) is 24.2 Å². The predicted molar refractivity (Wildman–Crippen MR) is 61.8 cm³/mol. The summed E-state index contributed by atoms with van der Waals surface area (Å²) in [5, 5.41) is 8.94. The molecular formula is C12H18N2O. The third-order valence-electron chi connectivity index (χ3n) is 3.02. The minimum absolute atomic E-state index is 0.116. The number of nitrogens with two attached hydrogens (primary N) is 1. The van der Waals surface area contributed by atoms with Crippen molar-refractivity contribution >= 4 is 5.69 Å². The first-order valence-corrected chi connectivity index (χ1v) is 5.50. The highest BCUT2D eigenvalue weighted by Crippen LogP contribution is 2.19. The SMILES string of the molecule is NC1CCN(c2ccc(CO)cc2)CC1. The van der Waals surface area contributed by atoms with Gasteiger partial charge in [-0.1, -0.05) is 12.1 Å². The molecule has 3 nitrogen and oxygen atoms in total. The van der Waals surface area contributed by atoms with Gasteiger partial charge < -0.3 is 15.7 Å². The Balaban J connectivity index is 2.03. The zero-order valence-electron chi connectivity index (χ0n) is 8.89. The Morgan fingerprint density at radius 1 is 1.20 bits per heavy atom. The lowest BCUT2D eigenvalue weighted by Crippen LogP contribution is -2.39. The molecule has 1 fully saturated rings. The summed E-state index contributed by atoms with van der Waals surface area (Å²) >= 11 is 0. The molecule has 1 aliphatic rings. The Morgan fingerprint density at radius 2 is 1.80 bits per heavy atom. The third-order valence-corrected chi connectivity index (χ3v) is 3.02. The van der Waals surface area contributed by atoms with Crippen molar-refractivity contribution in [1.29, 1.82) is 0 Å². The number of rotatable bonds is 2. The molecular weight excluding hydrogens is 188 g/mol. The first-order chi connectivity index (χ1) is 7.29. The van der Waals surface area contributed by atoms with Crippen LogP contribution in [0.3, 0.4) is 0 Å². The van der Waals surface area contributed by atoms with Gasteiger partial charge in [0.1, 0.15) is 0 Å². The lowest BCUT2D eigenvalue weighted by atomic mass is 10.1. The molecule has 82 valence electrons. The van der Waals surface area contributed by atoms with Crippen LogP contribution < -0.4 is 10.6 Å². The molecule has 3 heteroatoms. The Morgan fingerprint density at radius 3 is 2.33 bits per heavy atom. The largest absolute Gasteiger partial charge is 0.392 e. The van der Waals surface area contributed by atoms with E-state index < -0.39 is 0 Å². The van der Waals surface area contributed by atoms with E-state index in [1.165, 1.54) is 5.69 Å². The minimum atomic E-state index is 0.116. The van der Waals surface area contributed by atoms with Crippen molar-refractivity contribution in [3.8, 4) is 0 Å². The Bertz CT molecular complexity index is 302. The molecule has 0 saturated carbocycles. The fourth-order valence-electron chi connectivity index (χ4n) is 1.97. The van der Waals surface area contributed by atoms with E-state index in [1.54, 1.807) is 0 Å². The van der Waals surface area contributed by atoms with Gasteiger partial charge in [-0.15, -0.1) is 0 Å². The fourth-order valence-corrected chi connectivity index (χ4v) is 1.97. The zero-order valence-corrected chi connectivity index (χ0v) is 8.89. The molecule has 0 bridgehead atoms. The second-order valence-electron chi connectivity index (χ2n) is 4.15. The van der Waals surface area contributed by atoms with Crippen LogP contribution in [0.15, 0.2) is 24.3 Å². The molecule has 1 heterocycles. The maximum Gasteiger partial charge on any atom is 0.0681 e. The number of hydrogen-bond donors (Lipinski definition) is 2. The van der Waals surface area contributed by atoms with E-state index >= 15 is 0 Å². The topological polar surface area (TPSA) is 49.5 Å². The van der Waals surface area contributed by atoms with Gasteiger partial charge in [0, 0.05) is 24.8 Å². The number of benzene rings is 1. The average Bonchev–Trinajstić information content (AvgIpc) is 2.30. The lowest BCUT2D eigenvalue weighted by Gasteiger charge is -2.32. The molecule has 0 aliphatic carbocycles. The van der Waals surface area contributed by atoms with E-state index in [9.17, 15) is 0 Å². The van der Waals surface area contributed by atoms with Crippen molar-refractivity contribution in [3.05, 3.63) is 29.8 Å². The van der Waals surface area contributed by atoms with E-state index in [0.717, 1.165) is 31.5 Å². The molecule has 0 amide bonds. The molecule has 15 heavy (non-hydrogen) atoms. The van der Waals surface area contributed by atoms with Crippen molar-refractivity contribution in [2.24, 2.45) is 5.73 Å². The van der Waals surface area contributed by atoms with Crippen LogP contribution in [0.2, 0.25) is 0 Å². The minimum Gasteiger partial charge on any atom is -0.392 e. The molecule has 0 spiro atoms. The predicted octanol–water partition coefficient (Wildman–Crippen LogP) is 1.11. The van der Waals surface area contributed by atoms with Crippen molar-refractivity contribution in [2.75, 3.05) is 18.0 Å². The van der Waals surface area contributed by atoms with Crippen LogP contribution in [0.4, 0.5) is 5.69 Å². The highest BCUT2D eigenvalue weighted by molar-refractivity contribution is 5.47. The number of hydrogen-bond acceptors (Lipinski definition) is 3. The van der Waals surface area contributed by atoms with Crippen LogP contribution in [0.5, 0.6) is 0 Å². The van der Waals surface area contributed by atoms with E-state index in [2.05, 4.69) is 17.0 Å². The van der Waals surface area contributed by atoms with E-state index in [0.29, 0.717) is 6.04 Å². The van der Waals surface area contributed by atoms with Crippen molar-refractivity contribution in [1.82, 2.24) is 0 Å². The van der Waals surface area contributed by atoms with Gasteiger partial charge in [0.25, 0.3) is 0 Å². The molecule has 2 rings (SSSR count). The highest BCUT2D eigenvalue weighted by Gasteiger charge is 2.15. The summed E-state index contributed by atoms with van der Waals surface area (Å²) in [5.74, 6) is 0. The molecule has 0 aromatic heterocycles. The molecule has 1 aromatic carbocycles. The summed E-state index contributed by atoms with van der Waals surface area (Å²) in [6.45, 7) is 2.20. The van der Waals surface area contributed by atoms with Gasteiger partial charge in [-0.3, -0.25) is 0 Å². The van der Waals surface area contributed by atoms with Crippen LogP contribution >= 0.6 is 0 Å². The number of nitrogens with zero attached hydrogens (tertiary/aromatic N) is 1. The molecule has 0 unspecified atom stereocenters. The molecule has 1 saturated heterocycles. The fraction of sp³-hybridized carbons (Fsp3) is 0.500. The zero-order chi connectivity index (χ0) is 10.7. The Labute approximate surface area is 90.5 Å². The van der Waals surface area contributed by atoms with Crippen molar-refractivity contribution in [3.63, 3.8) is 0 Å². The number of anilines is 1. The number of aliphatic hydroxyl groups excluding tert-OH is 1. The van der Waals surface area contributed by atoms with Gasteiger partial charge >= 0.3 is 0 Å². The standard InChI is InChI=1S/C12H18N2O/c13-11-5-7-14(8-6-11)12-3-1-10(9-15)2-4-12/h1-4,11,15H,5-9,13H2. The average molecular weight is 206 g/mol. The normalized spacial score (nSPS) is 18.1. The monoisotopic (exact) mass is 206 g/mol. The van der Waals surface area contributed by atoms with Gasteiger partial charge in [-0.2, -0.15) is 0 Å².